The Kier molecular flexibility index (Phi) is 4.35. The van der Waals surface area contributed by atoms with Gasteiger partial charge in [0, 0.05) is 16.1 Å². The zero-order chi connectivity index (χ0) is 13.8. The molecule has 0 amide bonds. The van der Waals surface area contributed by atoms with Crippen LogP contribution in [0.3, 0.4) is 0 Å². The molecular weight excluding hydrogens is 285 g/mol. The van der Waals surface area contributed by atoms with Crippen LogP contribution in [0.4, 0.5) is 4.39 Å². The Morgan fingerprint density at radius 2 is 2.00 bits per heavy atom. The van der Waals surface area contributed by atoms with Gasteiger partial charge in [-0.3, -0.25) is 0 Å². The number of thiocarbonyl (C=S) groups is 1. The molecule has 0 spiro atoms. The fourth-order valence-electron chi connectivity index (χ4n) is 1.54. The minimum atomic E-state index is -0.502. The highest BCUT2D eigenvalue weighted by Crippen LogP contribution is 2.22. The average molecular weight is 296 g/mol. The molecule has 0 bridgehead atoms. The summed E-state index contributed by atoms with van der Waals surface area (Å²) in [7, 11) is 0. The molecule has 0 aliphatic carbocycles. The molecule has 5 heteroatoms. The minimum Gasteiger partial charge on any atom is -0.486 e. The maximum absolute atomic E-state index is 13.7. The lowest BCUT2D eigenvalue weighted by molar-refractivity contribution is 0.290. The first-order valence-electron chi connectivity index (χ1n) is 5.53. The van der Waals surface area contributed by atoms with Crippen molar-refractivity contribution in [1.82, 2.24) is 0 Å². The summed E-state index contributed by atoms with van der Waals surface area (Å²) in [4.78, 5) is 0.150. The molecule has 0 aliphatic rings. The van der Waals surface area contributed by atoms with Gasteiger partial charge in [-0.1, -0.05) is 42.0 Å². The van der Waals surface area contributed by atoms with E-state index in [-0.39, 0.29) is 17.3 Å². The van der Waals surface area contributed by atoms with Gasteiger partial charge in [-0.2, -0.15) is 0 Å². The van der Waals surface area contributed by atoms with E-state index >= 15 is 0 Å². The third-order valence-electron chi connectivity index (χ3n) is 2.56. The largest absolute Gasteiger partial charge is 0.486 e. The molecule has 0 fully saturated rings. The number of ether oxygens (including phenoxy) is 1. The van der Waals surface area contributed by atoms with Crippen LogP contribution < -0.4 is 10.5 Å². The number of halogens is 2. The number of nitrogens with two attached hydrogens (primary N) is 1. The quantitative estimate of drug-likeness (QED) is 0.874. The second-order valence-corrected chi connectivity index (χ2v) is 4.74. The summed E-state index contributed by atoms with van der Waals surface area (Å²) in [6, 6.07) is 11.6. The molecule has 0 radical (unpaired) electrons. The normalized spacial score (nSPS) is 10.2. The van der Waals surface area contributed by atoms with Crippen molar-refractivity contribution in [3.63, 3.8) is 0 Å². The van der Waals surface area contributed by atoms with Crippen LogP contribution in [-0.4, -0.2) is 4.99 Å². The maximum atomic E-state index is 13.7. The van der Waals surface area contributed by atoms with Gasteiger partial charge >= 0.3 is 0 Å². The molecule has 2 N–H and O–H groups in total. The van der Waals surface area contributed by atoms with Crippen molar-refractivity contribution < 1.29 is 9.13 Å². The van der Waals surface area contributed by atoms with Crippen molar-refractivity contribution >= 4 is 28.8 Å². The summed E-state index contributed by atoms with van der Waals surface area (Å²) in [6.07, 6.45) is 0. The number of hydrogen-bond acceptors (Lipinski definition) is 2. The van der Waals surface area contributed by atoms with E-state index in [4.69, 9.17) is 34.3 Å². The predicted octanol–water partition coefficient (Wildman–Crippen LogP) is 3.69. The van der Waals surface area contributed by atoms with Gasteiger partial charge < -0.3 is 10.5 Å². The molecule has 0 heterocycles. The van der Waals surface area contributed by atoms with Crippen LogP contribution in [0.25, 0.3) is 0 Å². The van der Waals surface area contributed by atoms with Crippen LogP contribution in [-0.2, 0) is 6.61 Å². The molecule has 2 nitrogen and oxygen atoms in total. The molecule has 0 saturated carbocycles. The van der Waals surface area contributed by atoms with E-state index < -0.39 is 5.82 Å². The monoisotopic (exact) mass is 295 g/mol. The summed E-state index contributed by atoms with van der Waals surface area (Å²) in [5, 5.41) is 0.586. The summed E-state index contributed by atoms with van der Waals surface area (Å²) in [5.41, 5.74) is 6.69. The maximum Gasteiger partial charge on any atom is 0.165 e. The van der Waals surface area contributed by atoms with Crippen molar-refractivity contribution in [3.05, 3.63) is 64.4 Å². The van der Waals surface area contributed by atoms with Crippen LogP contribution >= 0.6 is 23.8 Å². The highest BCUT2D eigenvalue weighted by molar-refractivity contribution is 7.80. The lowest BCUT2D eigenvalue weighted by atomic mass is 10.2. The second kappa shape index (κ2) is 5.99. The van der Waals surface area contributed by atoms with Crippen molar-refractivity contribution in [2.75, 3.05) is 0 Å². The Balaban J connectivity index is 2.12. The Morgan fingerprint density at radius 3 is 2.63 bits per heavy atom. The van der Waals surface area contributed by atoms with Crippen LogP contribution in [0.15, 0.2) is 42.5 Å². The number of rotatable bonds is 4. The number of hydrogen-bond donors (Lipinski definition) is 1. The van der Waals surface area contributed by atoms with Crippen LogP contribution in [0.5, 0.6) is 5.75 Å². The van der Waals surface area contributed by atoms with E-state index in [2.05, 4.69) is 0 Å². The second-order valence-electron chi connectivity index (χ2n) is 3.89. The van der Waals surface area contributed by atoms with Gasteiger partial charge in [0.05, 0.1) is 0 Å². The molecule has 0 aromatic heterocycles. The molecule has 2 aromatic rings. The van der Waals surface area contributed by atoms with E-state index in [1.54, 1.807) is 12.1 Å². The fraction of sp³-hybridized carbons (Fsp3) is 0.0714. The summed E-state index contributed by atoms with van der Waals surface area (Å²) in [6.45, 7) is 0.197. The predicted molar refractivity (Wildman–Crippen MR) is 78.1 cm³/mol. The third kappa shape index (κ3) is 3.43. The molecule has 2 aromatic carbocycles. The van der Waals surface area contributed by atoms with Crippen molar-refractivity contribution in [1.29, 1.82) is 0 Å². The molecular formula is C14H11ClFNOS. The summed E-state index contributed by atoms with van der Waals surface area (Å²) >= 11 is 10.8. The summed E-state index contributed by atoms with van der Waals surface area (Å²) in [5.74, 6) is -0.364. The van der Waals surface area contributed by atoms with Gasteiger partial charge in [0.15, 0.2) is 11.6 Å². The standard InChI is InChI=1S/C14H11ClFNOS/c15-11-4-2-1-3-10(11)8-18-13-6-5-9(14(17)19)7-12(13)16/h1-7H,8H2,(H2,17,19). The zero-order valence-electron chi connectivity index (χ0n) is 9.90. The number of benzene rings is 2. The third-order valence-corrected chi connectivity index (χ3v) is 3.16. The van der Waals surface area contributed by atoms with Gasteiger partial charge in [0.25, 0.3) is 0 Å². The van der Waals surface area contributed by atoms with Crippen molar-refractivity contribution in [3.8, 4) is 5.75 Å². The van der Waals surface area contributed by atoms with Crippen molar-refractivity contribution in [2.24, 2.45) is 5.73 Å². The molecule has 0 unspecified atom stereocenters. The molecule has 98 valence electrons. The topological polar surface area (TPSA) is 35.2 Å². The van der Waals surface area contributed by atoms with Gasteiger partial charge in [-0.25, -0.2) is 4.39 Å². The lowest BCUT2D eigenvalue weighted by Crippen LogP contribution is -2.09. The highest BCUT2D eigenvalue weighted by Gasteiger charge is 2.07. The van der Waals surface area contributed by atoms with Crippen molar-refractivity contribution in [2.45, 2.75) is 6.61 Å². The molecule has 19 heavy (non-hydrogen) atoms. The zero-order valence-corrected chi connectivity index (χ0v) is 11.5. The van der Waals surface area contributed by atoms with Crippen LogP contribution in [0.2, 0.25) is 5.02 Å². The fourth-order valence-corrected chi connectivity index (χ4v) is 1.86. The van der Waals surface area contributed by atoms with E-state index in [0.717, 1.165) is 5.56 Å². The van der Waals surface area contributed by atoms with E-state index in [0.29, 0.717) is 10.6 Å². The Labute approximate surface area is 120 Å². The summed E-state index contributed by atoms with van der Waals surface area (Å²) < 4.78 is 19.1. The molecule has 0 atom stereocenters. The smallest absolute Gasteiger partial charge is 0.165 e. The van der Waals surface area contributed by atoms with E-state index in [9.17, 15) is 4.39 Å². The average Bonchev–Trinajstić information content (AvgIpc) is 2.39. The molecule has 2 rings (SSSR count). The first-order valence-corrected chi connectivity index (χ1v) is 6.32. The Morgan fingerprint density at radius 1 is 1.26 bits per heavy atom. The van der Waals surface area contributed by atoms with Gasteiger partial charge in [-0.05, 0) is 24.3 Å². The first-order chi connectivity index (χ1) is 9.08. The highest BCUT2D eigenvalue weighted by atomic mass is 35.5. The first kappa shape index (κ1) is 13.8. The molecule has 0 saturated heterocycles. The van der Waals surface area contributed by atoms with Crippen LogP contribution in [0.1, 0.15) is 11.1 Å². The van der Waals surface area contributed by atoms with E-state index in [1.165, 1.54) is 12.1 Å². The SMILES string of the molecule is NC(=S)c1ccc(OCc2ccccc2Cl)c(F)c1. The molecule has 0 aliphatic heterocycles. The Hall–Kier alpha value is -1.65. The van der Waals surface area contributed by atoms with Crippen LogP contribution in [0, 0.1) is 5.82 Å². The van der Waals surface area contributed by atoms with E-state index in [1.807, 2.05) is 18.2 Å². The minimum absolute atomic E-state index is 0.139. The van der Waals surface area contributed by atoms with Gasteiger partial charge in [0.2, 0.25) is 0 Å². The lowest BCUT2D eigenvalue weighted by Gasteiger charge is -2.09. The van der Waals surface area contributed by atoms with Gasteiger partial charge in [-0.15, -0.1) is 0 Å². The van der Waals surface area contributed by atoms with Gasteiger partial charge in [0.1, 0.15) is 11.6 Å². The Bertz CT molecular complexity index is 618.